The molecule has 45 heavy (non-hydrogen) atoms. The smallest absolute Gasteiger partial charge is 0.394 e. The molecule has 2 aliphatic heterocycles. The zero-order valence-electron chi connectivity index (χ0n) is 22.3. The minimum absolute atomic E-state index is 0.0115. The second-order valence-electron chi connectivity index (χ2n) is 9.72. The summed E-state index contributed by atoms with van der Waals surface area (Å²) in [6, 6.07) is 0. The summed E-state index contributed by atoms with van der Waals surface area (Å²) in [6.45, 7) is -5.70. The number of nitrogens with two attached hydrogens (primary N) is 1. The largest absolute Gasteiger partial charge is 0.582 e. The van der Waals surface area contributed by atoms with Crippen molar-refractivity contribution in [3.05, 3.63) is 39.7 Å². The number of fused-ring (bicyclic) bond motifs is 2. The van der Waals surface area contributed by atoms with E-state index in [0.717, 1.165) is 23.5 Å². The van der Waals surface area contributed by atoms with Gasteiger partial charge in [-0.3, -0.25) is 28.2 Å². The Bertz CT molecular complexity index is 1930. The van der Waals surface area contributed by atoms with Crippen LogP contribution in [0.4, 0.5) is 10.3 Å². The van der Waals surface area contributed by atoms with Crippen molar-refractivity contribution >= 4 is 66.3 Å². The van der Waals surface area contributed by atoms with Crippen LogP contribution < -0.4 is 16.9 Å². The van der Waals surface area contributed by atoms with Gasteiger partial charge in [-0.05, 0) is 16.4 Å². The van der Waals surface area contributed by atoms with Crippen LogP contribution >= 0.6 is 26.2 Å². The number of H-pyrrole nitrogens is 2. The fourth-order valence-corrected chi connectivity index (χ4v) is 7.22. The highest BCUT2D eigenvalue weighted by Gasteiger charge is 2.53. The molecule has 4 aromatic heterocycles. The predicted molar refractivity (Wildman–Crippen MR) is 155 cm³/mol. The van der Waals surface area contributed by atoms with Crippen molar-refractivity contribution in [2.45, 2.75) is 49.1 Å². The van der Waals surface area contributed by atoms with Gasteiger partial charge in [-0.15, -0.1) is 4.52 Å². The number of rotatable bonds is 10. The molecule has 6 rings (SSSR count). The SMILES string of the molecule is Nc1nc2c(ncn2C2OC(CO)C(O)C2OP(O)(=S)OCC2OC(n3cnc4c(=O)[nH]cnc43)C(F)C2O[P+](=O)S)c(=O)[nH]1. The van der Waals surface area contributed by atoms with Crippen molar-refractivity contribution < 1.29 is 47.1 Å². The molecular formula is C20H23FN9O11P2S2+. The molecule has 7 N–H and O–H groups in total. The van der Waals surface area contributed by atoms with Crippen molar-refractivity contribution in [3.63, 3.8) is 0 Å². The summed E-state index contributed by atoms with van der Waals surface area (Å²) in [5, 5.41) is 20.6. The number of nitrogen functional groups attached to an aromatic ring is 1. The molecular weight excluding hydrogens is 687 g/mol. The lowest BCUT2D eigenvalue weighted by molar-refractivity contribution is -0.0542. The molecule has 25 heteroatoms. The van der Waals surface area contributed by atoms with Crippen molar-refractivity contribution in [2.75, 3.05) is 18.9 Å². The van der Waals surface area contributed by atoms with Crippen molar-refractivity contribution in [1.29, 1.82) is 0 Å². The number of aromatic nitrogens is 8. The normalized spacial score (nSPS) is 30.3. The molecule has 2 fully saturated rings. The van der Waals surface area contributed by atoms with Crippen LogP contribution in [0.15, 0.2) is 28.6 Å². The van der Waals surface area contributed by atoms with E-state index in [1.54, 1.807) is 0 Å². The summed E-state index contributed by atoms with van der Waals surface area (Å²) < 4.78 is 57.5. The maximum Gasteiger partial charge on any atom is 0.582 e. The third-order valence-corrected chi connectivity index (χ3v) is 9.26. The van der Waals surface area contributed by atoms with Crippen LogP contribution in [0.1, 0.15) is 12.5 Å². The monoisotopic (exact) mass is 710 g/mol. The standard InChI is InChI=1S/C20H22FN9O11P2S2/c21-8-12(40-42(35)44)7(39-18(8)29-4-25-9-14(29)23-3-24-16(9)33)2-37-43(36,45)41-13-11(32)6(1-31)38-19(13)30-5-26-10-15(30)27-20(22)28-17(10)34/h3-8,11-13,18-19,31-32H,1-2H2,(H5-,22,23,24,27,28,33,34,35,36,44,45)/p+1. The van der Waals surface area contributed by atoms with Crippen molar-refractivity contribution in [2.24, 2.45) is 0 Å². The summed E-state index contributed by atoms with van der Waals surface area (Å²) in [4.78, 5) is 55.9. The van der Waals surface area contributed by atoms with Gasteiger partial charge in [0, 0.05) is 0 Å². The summed E-state index contributed by atoms with van der Waals surface area (Å²) in [7, 11) is -2.65. The molecule has 0 saturated carbocycles. The number of halogens is 1. The van der Waals surface area contributed by atoms with Gasteiger partial charge >= 0.3 is 13.9 Å². The second-order valence-corrected chi connectivity index (χ2v) is 14.2. The highest BCUT2D eigenvalue weighted by Crippen LogP contribution is 2.51. The minimum atomic E-state index is -4.36. The molecule has 0 spiro atoms. The average molecular weight is 711 g/mol. The number of ether oxygens (including phenoxy) is 2. The minimum Gasteiger partial charge on any atom is -0.394 e. The first-order valence-corrected chi connectivity index (χ1v) is 17.7. The van der Waals surface area contributed by atoms with E-state index in [1.807, 2.05) is 0 Å². The number of hydrogen-bond acceptors (Lipinski definition) is 16. The Morgan fingerprint density at radius 2 is 1.78 bits per heavy atom. The Labute approximate surface area is 259 Å². The number of thiol groups is 1. The third kappa shape index (κ3) is 6.06. The van der Waals surface area contributed by atoms with Crippen LogP contribution in [-0.4, -0.2) is 104 Å². The number of nitrogens with one attached hydrogen (secondary N) is 2. The maximum atomic E-state index is 15.7. The van der Waals surface area contributed by atoms with Crippen molar-refractivity contribution in [3.8, 4) is 0 Å². The summed E-state index contributed by atoms with van der Waals surface area (Å²) in [6.07, 6.45) is -8.72. The molecule has 10 unspecified atom stereocenters. The van der Waals surface area contributed by atoms with Gasteiger partial charge in [0.05, 0.1) is 32.2 Å². The number of aliphatic hydroxyl groups is 2. The van der Waals surface area contributed by atoms with Gasteiger partial charge in [0.25, 0.3) is 11.1 Å². The van der Waals surface area contributed by atoms with Gasteiger partial charge in [0.2, 0.25) is 5.95 Å². The van der Waals surface area contributed by atoms with Crippen LogP contribution in [0.3, 0.4) is 0 Å². The Morgan fingerprint density at radius 1 is 1.11 bits per heavy atom. The first kappa shape index (κ1) is 32.2. The summed E-state index contributed by atoms with van der Waals surface area (Å²) in [5.41, 5.74) is 4.14. The number of hydrogen-bond donors (Lipinski definition) is 7. The first-order valence-electron chi connectivity index (χ1n) is 12.7. The van der Waals surface area contributed by atoms with E-state index in [0.29, 0.717) is 0 Å². The summed E-state index contributed by atoms with van der Waals surface area (Å²) >= 11 is 8.85. The first-order chi connectivity index (χ1) is 21.4. The molecule has 2 aliphatic rings. The molecule has 0 amide bonds. The van der Waals surface area contributed by atoms with E-state index in [4.69, 9.17) is 40.6 Å². The molecule has 6 heterocycles. The Hall–Kier alpha value is -2.79. The maximum absolute atomic E-state index is 15.7. The lowest BCUT2D eigenvalue weighted by Gasteiger charge is -2.27. The number of anilines is 1. The lowest BCUT2D eigenvalue weighted by atomic mass is 10.1. The van der Waals surface area contributed by atoms with E-state index in [1.165, 1.54) is 4.57 Å². The highest BCUT2D eigenvalue weighted by molar-refractivity contribution is 8.39. The Morgan fingerprint density at radius 3 is 2.47 bits per heavy atom. The van der Waals surface area contributed by atoms with Crippen molar-refractivity contribution in [1.82, 2.24) is 39.0 Å². The number of aliphatic hydroxyl groups excluding tert-OH is 2. The molecule has 4 aromatic rings. The van der Waals surface area contributed by atoms with Gasteiger partial charge < -0.3 is 39.8 Å². The van der Waals surface area contributed by atoms with Crippen LogP contribution in [0.25, 0.3) is 22.3 Å². The summed E-state index contributed by atoms with van der Waals surface area (Å²) in [5.74, 6) is -0.244. The average Bonchev–Trinajstić information content (AvgIpc) is 3.73. The number of alkyl halides is 1. The molecule has 10 atom stereocenters. The highest BCUT2D eigenvalue weighted by atomic mass is 32.7. The zero-order chi connectivity index (χ0) is 32.2. The fourth-order valence-electron chi connectivity index (χ4n) is 5.02. The molecule has 0 aromatic carbocycles. The van der Waals surface area contributed by atoms with Crippen LogP contribution in [0, 0.1) is 0 Å². The van der Waals surface area contributed by atoms with Gasteiger partial charge in [0.15, 0.2) is 47.1 Å². The molecule has 242 valence electrons. The zero-order valence-corrected chi connectivity index (χ0v) is 25.8. The van der Waals surface area contributed by atoms with E-state index < -0.39 is 87.4 Å². The lowest BCUT2D eigenvalue weighted by Crippen LogP contribution is -2.35. The molecule has 20 nitrogen and oxygen atoms in total. The molecule has 0 bridgehead atoms. The van der Waals surface area contributed by atoms with Crippen LogP contribution in [0.5, 0.6) is 0 Å². The second kappa shape index (κ2) is 12.4. The van der Waals surface area contributed by atoms with E-state index >= 15 is 4.39 Å². The number of nitrogens with zero attached hydrogens (tertiary/aromatic N) is 6. The van der Waals surface area contributed by atoms with Gasteiger partial charge in [-0.25, -0.2) is 19.3 Å². The quantitative estimate of drug-likeness (QED) is 0.0761. The van der Waals surface area contributed by atoms with Crippen LogP contribution in [0.2, 0.25) is 0 Å². The van der Waals surface area contributed by atoms with E-state index in [9.17, 15) is 29.3 Å². The van der Waals surface area contributed by atoms with Gasteiger partial charge in [-0.2, -0.15) is 4.98 Å². The van der Waals surface area contributed by atoms with E-state index in [-0.39, 0.29) is 28.3 Å². The molecule has 0 radical (unpaired) electrons. The van der Waals surface area contributed by atoms with Gasteiger partial charge in [-0.1, -0.05) is 0 Å². The Kier molecular flexibility index (Phi) is 8.89. The van der Waals surface area contributed by atoms with Gasteiger partial charge in [0.1, 0.15) is 36.7 Å². The third-order valence-electron chi connectivity index (χ3n) is 6.99. The molecule has 2 saturated heterocycles. The fraction of sp³-hybridized carbons (Fsp3) is 0.500. The topological polar surface area (TPSA) is 277 Å². The predicted octanol–water partition coefficient (Wildman–Crippen LogP) is -1.09. The number of imidazole rings is 2. The van der Waals surface area contributed by atoms with E-state index in [2.05, 4.69) is 42.2 Å². The number of aromatic amines is 2. The van der Waals surface area contributed by atoms with Crippen LogP contribution in [-0.2, 0) is 39.4 Å². The Balaban J connectivity index is 1.23. The molecule has 0 aliphatic carbocycles.